The number of fused-ring (bicyclic) bond motifs is 3. The van der Waals surface area contributed by atoms with E-state index in [0.29, 0.717) is 0 Å². The maximum Gasteiger partial charge on any atom is 0.407 e. The summed E-state index contributed by atoms with van der Waals surface area (Å²) in [6.07, 6.45) is -1.50. The molecule has 3 atom stereocenters. The minimum atomic E-state index is -1.12. The van der Waals surface area contributed by atoms with Crippen molar-refractivity contribution in [2.75, 3.05) is 18.2 Å². The number of ether oxygens (including phenoxy) is 2. The summed E-state index contributed by atoms with van der Waals surface area (Å²) >= 11 is 1.36. The van der Waals surface area contributed by atoms with Gasteiger partial charge >= 0.3 is 12.1 Å². The molecule has 1 heterocycles. The molecule has 5 rings (SSSR count). The molecule has 2 N–H and O–H groups in total. The van der Waals surface area contributed by atoms with Crippen LogP contribution in [0, 0.1) is 0 Å². The van der Waals surface area contributed by atoms with Crippen molar-refractivity contribution >= 4 is 29.7 Å². The second-order valence-electron chi connectivity index (χ2n) is 9.61. The first-order valence-electron chi connectivity index (χ1n) is 12.8. The third-order valence-electron chi connectivity index (χ3n) is 7.16. The third-order valence-corrected chi connectivity index (χ3v) is 8.17. The van der Waals surface area contributed by atoms with E-state index in [0.717, 1.165) is 27.8 Å². The van der Waals surface area contributed by atoms with Crippen molar-refractivity contribution in [2.45, 2.75) is 37.6 Å². The van der Waals surface area contributed by atoms with Crippen LogP contribution >= 0.6 is 11.8 Å². The highest BCUT2D eigenvalue weighted by atomic mass is 32.2. The Bertz CT molecular complexity index is 1300. The first-order valence-corrected chi connectivity index (χ1v) is 14.0. The zero-order chi connectivity index (χ0) is 27.4. The number of aliphatic carboxylic acids is 1. The van der Waals surface area contributed by atoms with Crippen molar-refractivity contribution in [3.05, 3.63) is 95.6 Å². The van der Waals surface area contributed by atoms with E-state index in [1.807, 2.05) is 66.7 Å². The van der Waals surface area contributed by atoms with Crippen LogP contribution in [0.5, 0.6) is 0 Å². The van der Waals surface area contributed by atoms with Crippen LogP contribution in [0.1, 0.15) is 29.5 Å². The molecular formula is C30H30N2O6S. The summed E-state index contributed by atoms with van der Waals surface area (Å²) in [5.74, 6) is -1.20. The summed E-state index contributed by atoms with van der Waals surface area (Å²) in [6, 6.07) is 23.5. The lowest BCUT2D eigenvalue weighted by atomic mass is 9.98. The molecule has 3 aromatic carbocycles. The van der Waals surface area contributed by atoms with Crippen LogP contribution in [0.15, 0.2) is 78.9 Å². The number of amides is 2. The van der Waals surface area contributed by atoms with Gasteiger partial charge in [-0.25, -0.2) is 9.59 Å². The Morgan fingerprint density at radius 3 is 2.23 bits per heavy atom. The van der Waals surface area contributed by atoms with E-state index in [9.17, 15) is 19.5 Å². The number of alkyl carbamates (subject to hydrolysis) is 1. The quantitative estimate of drug-likeness (QED) is 0.408. The number of hydrogen-bond acceptors (Lipinski definition) is 6. The minimum Gasteiger partial charge on any atom is -0.480 e. The second kappa shape index (κ2) is 11.9. The first-order chi connectivity index (χ1) is 18.9. The lowest BCUT2D eigenvalue weighted by molar-refractivity contribution is -0.150. The van der Waals surface area contributed by atoms with Crippen LogP contribution in [0.2, 0.25) is 0 Å². The van der Waals surface area contributed by atoms with E-state index in [1.54, 1.807) is 6.92 Å². The SMILES string of the molecule is CC(OCc1ccccc1)C(NC(=O)OCC1c2ccccc2-c2ccccc21)C(=O)N1CSCC1C(=O)O. The summed E-state index contributed by atoms with van der Waals surface area (Å²) < 4.78 is 11.6. The molecule has 8 nitrogen and oxygen atoms in total. The van der Waals surface area contributed by atoms with E-state index in [-0.39, 0.29) is 30.8 Å². The Kier molecular flexibility index (Phi) is 8.18. The Labute approximate surface area is 231 Å². The molecule has 1 fully saturated rings. The number of carboxylic acids is 1. The minimum absolute atomic E-state index is 0.0946. The summed E-state index contributed by atoms with van der Waals surface area (Å²) in [7, 11) is 0. The Balaban J connectivity index is 1.29. The summed E-state index contributed by atoms with van der Waals surface area (Å²) in [4.78, 5) is 39.6. The highest BCUT2D eigenvalue weighted by molar-refractivity contribution is 7.99. The molecule has 0 bridgehead atoms. The molecule has 0 aromatic heterocycles. The van der Waals surface area contributed by atoms with Gasteiger partial charge in [-0.05, 0) is 34.7 Å². The number of benzene rings is 3. The second-order valence-corrected chi connectivity index (χ2v) is 10.6. The molecule has 202 valence electrons. The number of nitrogens with zero attached hydrogens (tertiary/aromatic N) is 1. The van der Waals surface area contributed by atoms with E-state index < -0.39 is 36.2 Å². The number of rotatable bonds is 9. The highest BCUT2D eigenvalue weighted by Crippen LogP contribution is 2.44. The van der Waals surface area contributed by atoms with Gasteiger partial charge in [0.15, 0.2) is 0 Å². The summed E-state index contributed by atoms with van der Waals surface area (Å²) in [6.45, 7) is 2.01. The monoisotopic (exact) mass is 546 g/mol. The van der Waals surface area contributed by atoms with Crippen molar-refractivity contribution in [2.24, 2.45) is 0 Å². The molecule has 1 aliphatic heterocycles. The average molecular weight is 547 g/mol. The lowest BCUT2D eigenvalue weighted by Gasteiger charge is -2.30. The molecule has 1 saturated heterocycles. The lowest BCUT2D eigenvalue weighted by Crippen LogP contribution is -2.56. The van der Waals surface area contributed by atoms with Gasteiger partial charge in [-0.3, -0.25) is 4.79 Å². The van der Waals surface area contributed by atoms with Crippen LogP contribution in [0.3, 0.4) is 0 Å². The molecule has 0 saturated carbocycles. The summed E-state index contributed by atoms with van der Waals surface area (Å²) in [5.41, 5.74) is 5.31. The highest BCUT2D eigenvalue weighted by Gasteiger charge is 2.40. The predicted octanol–water partition coefficient (Wildman–Crippen LogP) is 4.49. The van der Waals surface area contributed by atoms with E-state index in [2.05, 4.69) is 17.4 Å². The zero-order valence-corrected chi connectivity index (χ0v) is 22.3. The van der Waals surface area contributed by atoms with Gasteiger partial charge in [-0.1, -0.05) is 78.9 Å². The Morgan fingerprint density at radius 2 is 1.59 bits per heavy atom. The van der Waals surface area contributed by atoms with Crippen LogP contribution in [-0.2, 0) is 25.7 Å². The van der Waals surface area contributed by atoms with Crippen molar-refractivity contribution in [3.63, 3.8) is 0 Å². The normalized spacial score (nSPS) is 17.7. The molecule has 0 radical (unpaired) electrons. The van der Waals surface area contributed by atoms with Gasteiger partial charge in [0.25, 0.3) is 0 Å². The molecule has 1 aliphatic carbocycles. The van der Waals surface area contributed by atoms with Crippen molar-refractivity contribution in [3.8, 4) is 11.1 Å². The van der Waals surface area contributed by atoms with Crippen molar-refractivity contribution in [1.82, 2.24) is 10.2 Å². The third kappa shape index (κ3) is 5.79. The molecule has 3 aromatic rings. The number of carboxylic acid groups (broad SMARTS) is 1. The number of thioether (sulfide) groups is 1. The van der Waals surface area contributed by atoms with E-state index in [4.69, 9.17) is 9.47 Å². The Hall–Kier alpha value is -3.82. The molecule has 9 heteroatoms. The van der Waals surface area contributed by atoms with Crippen molar-refractivity contribution < 1.29 is 29.0 Å². The molecule has 3 unspecified atom stereocenters. The van der Waals surface area contributed by atoms with Crippen LogP contribution in [-0.4, -0.2) is 64.4 Å². The number of nitrogens with one attached hydrogen (secondary N) is 1. The van der Waals surface area contributed by atoms with Gasteiger partial charge in [-0.15, -0.1) is 11.8 Å². The maximum atomic E-state index is 13.5. The number of carbonyl (C=O) groups excluding carboxylic acids is 2. The van der Waals surface area contributed by atoms with Gasteiger partial charge in [0.05, 0.1) is 18.6 Å². The largest absolute Gasteiger partial charge is 0.480 e. The van der Waals surface area contributed by atoms with Gasteiger partial charge in [0, 0.05) is 11.7 Å². The number of carbonyl (C=O) groups is 3. The van der Waals surface area contributed by atoms with Crippen molar-refractivity contribution in [1.29, 1.82) is 0 Å². The van der Waals surface area contributed by atoms with Gasteiger partial charge in [0.1, 0.15) is 18.7 Å². The average Bonchev–Trinajstić information content (AvgIpc) is 3.57. The molecule has 2 amide bonds. The molecule has 39 heavy (non-hydrogen) atoms. The van der Waals surface area contributed by atoms with E-state index >= 15 is 0 Å². The first kappa shape index (κ1) is 26.8. The van der Waals surface area contributed by atoms with Crippen LogP contribution < -0.4 is 5.32 Å². The fourth-order valence-electron chi connectivity index (χ4n) is 5.09. The van der Waals surface area contributed by atoms with Gasteiger partial charge in [-0.2, -0.15) is 0 Å². The predicted molar refractivity (Wildman–Crippen MR) is 148 cm³/mol. The molecule has 2 aliphatic rings. The fraction of sp³-hybridized carbons (Fsp3) is 0.300. The fourth-order valence-corrected chi connectivity index (χ4v) is 6.24. The smallest absolute Gasteiger partial charge is 0.407 e. The maximum absolute atomic E-state index is 13.5. The van der Waals surface area contributed by atoms with Crippen LogP contribution in [0.4, 0.5) is 4.79 Å². The molecular weight excluding hydrogens is 516 g/mol. The topological polar surface area (TPSA) is 105 Å². The zero-order valence-electron chi connectivity index (χ0n) is 21.5. The van der Waals surface area contributed by atoms with E-state index in [1.165, 1.54) is 16.7 Å². The van der Waals surface area contributed by atoms with Gasteiger partial charge < -0.3 is 24.8 Å². The van der Waals surface area contributed by atoms with Crippen LogP contribution in [0.25, 0.3) is 11.1 Å². The standard InChI is InChI=1S/C30H30N2O6S/c1-19(37-15-20-9-3-2-4-10-20)27(28(33)32-18-39-17-26(32)29(34)35)31-30(36)38-16-25-23-13-7-5-11-21(23)22-12-6-8-14-24(22)25/h2-14,19,25-27H,15-18H2,1H3,(H,31,36)(H,34,35). The van der Waals surface area contributed by atoms with Gasteiger partial charge in [0.2, 0.25) is 5.91 Å². The molecule has 0 spiro atoms. The summed E-state index contributed by atoms with van der Waals surface area (Å²) in [5, 5.41) is 12.3. The number of hydrogen-bond donors (Lipinski definition) is 2. The Morgan fingerprint density at radius 1 is 0.974 bits per heavy atom.